The van der Waals surface area contributed by atoms with Crippen LogP contribution in [0.3, 0.4) is 0 Å². The van der Waals surface area contributed by atoms with Crippen molar-refractivity contribution < 1.29 is 14.3 Å². The van der Waals surface area contributed by atoms with Crippen LogP contribution in [0.25, 0.3) is 0 Å². The predicted molar refractivity (Wildman–Crippen MR) is 96.9 cm³/mol. The second-order valence-electron chi connectivity index (χ2n) is 5.73. The van der Waals surface area contributed by atoms with E-state index in [1.54, 1.807) is 0 Å². The molecule has 0 fully saturated rings. The Morgan fingerprint density at radius 2 is 1.92 bits per heavy atom. The highest BCUT2D eigenvalue weighted by molar-refractivity contribution is 5.94. The van der Waals surface area contributed by atoms with Gasteiger partial charge in [0, 0.05) is 11.8 Å². The summed E-state index contributed by atoms with van der Waals surface area (Å²) in [7, 11) is 0. The van der Waals surface area contributed by atoms with E-state index in [-0.39, 0.29) is 5.91 Å². The topological polar surface area (TPSA) is 47.6 Å². The molecule has 0 aliphatic heterocycles. The summed E-state index contributed by atoms with van der Waals surface area (Å²) in [4.78, 5) is 12.5. The smallest absolute Gasteiger partial charge is 0.265 e. The molecule has 0 aliphatic carbocycles. The van der Waals surface area contributed by atoms with Gasteiger partial charge >= 0.3 is 0 Å². The highest BCUT2D eigenvalue weighted by Gasteiger charge is 2.19. The van der Waals surface area contributed by atoms with Crippen LogP contribution in [0.1, 0.15) is 31.4 Å². The molecule has 0 aliphatic rings. The summed E-state index contributed by atoms with van der Waals surface area (Å²) in [6.07, 6.45) is 0.0472. The third-order valence-corrected chi connectivity index (χ3v) is 3.69. The standard InChI is InChI=1S/C20H25NO3/c1-5-18(24-19-12-14(3)10-11-15(19)4)20(22)21-16-8-7-9-17(13-16)23-6-2/h7-13,18H,5-6H2,1-4H3,(H,21,22). The molecule has 128 valence electrons. The molecular formula is C20H25NO3. The largest absolute Gasteiger partial charge is 0.494 e. The molecule has 2 aromatic carbocycles. The zero-order chi connectivity index (χ0) is 17.5. The molecule has 0 bridgehead atoms. The third-order valence-electron chi connectivity index (χ3n) is 3.69. The van der Waals surface area contributed by atoms with Gasteiger partial charge in [0.2, 0.25) is 0 Å². The maximum atomic E-state index is 12.5. The molecule has 0 heterocycles. The predicted octanol–water partition coefficient (Wildman–Crippen LogP) is 4.50. The van der Waals surface area contributed by atoms with Gasteiger partial charge in [0.15, 0.2) is 6.10 Å². The van der Waals surface area contributed by atoms with Crippen molar-refractivity contribution in [1.29, 1.82) is 0 Å². The van der Waals surface area contributed by atoms with Gasteiger partial charge in [-0.05, 0) is 56.5 Å². The first-order valence-electron chi connectivity index (χ1n) is 8.31. The molecule has 0 saturated heterocycles. The van der Waals surface area contributed by atoms with E-state index in [9.17, 15) is 4.79 Å². The van der Waals surface area contributed by atoms with Gasteiger partial charge in [-0.25, -0.2) is 0 Å². The van der Waals surface area contributed by atoms with Gasteiger partial charge in [-0.15, -0.1) is 0 Å². The molecule has 0 saturated carbocycles. The molecule has 1 atom stereocenters. The molecule has 4 heteroatoms. The molecule has 0 spiro atoms. The van der Waals surface area contributed by atoms with Crippen LogP contribution in [0.4, 0.5) is 5.69 Å². The second kappa shape index (κ2) is 8.39. The van der Waals surface area contributed by atoms with Crippen LogP contribution in [0.5, 0.6) is 11.5 Å². The van der Waals surface area contributed by atoms with E-state index in [4.69, 9.17) is 9.47 Å². The Labute approximate surface area is 143 Å². The van der Waals surface area contributed by atoms with Crippen molar-refractivity contribution in [1.82, 2.24) is 0 Å². The first kappa shape index (κ1) is 17.9. The zero-order valence-electron chi connectivity index (χ0n) is 14.8. The van der Waals surface area contributed by atoms with Crippen LogP contribution >= 0.6 is 0 Å². The summed E-state index contributed by atoms with van der Waals surface area (Å²) in [5.74, 6) is 1.32. The lowest BCUT2D eigenvalue weighted by molar-refractivity contribution is -0.122. The fourth-order valence-electron chi connectivity index (χ4n) is 2.36. The van der Waals surface area contributed by atoms with Crippen LogP contribution in [0.15, 0.2) is 42.5 Å². The number of hydrogen-bond acceptors (Lipinski definition) is 3. The lowest BCUT2D eigenvalue weighted by Crippen LogP contribution is -2.32. The van der Waals surface area contributed by atoms with Crippen molar-refractivity contribution in [3.63, 3.8) is 0 Å². The molecular weight excluding hydrogens is 302 g/mol. The maximum Gasteiger partial charge on any atom is 0.265 e. The number of benzene rings is 2. The Kier molecular flexibility index (Phi) is 6.24. The molecule has 0 aromatic heterocycles. The number of ether oxygens (including phenoxy) is 2. The summed E-state index contributed by atoms with van der Waals surface area (Å²) in [5, 5.41) is 2.90. The highest BCUT2D eigenvalue weighted by atomic mass is 16.5. The van der Waals surface area contributed by atoms with Crippen LogP contribution in [0.2, 0.25) is 0 Å². The molecule has 2 aromatic rings. The lowest BCUT2D eigenvalue weighted by atomic mass is 10.1. The van der Waals surface area contributed by atoms with Crippen molar-refractivity contribution >= 4 is 11.6 Å². The average Bonchev–Trinajstić information content (AvgIpc) is 2.56. The second-order valence-corrected chi connectivity index (χ2v) is 5.73. The van der Waals surface area contributed by atoms with Gasteiger partial charge in [-0.2, -0.15) is 0 Å². The number of hydrogen-bond donors (Lipinski definition) is 1. The quantitative estimate of drug-likeness (QED) is 0.814. The Morgan fingerprint density at radius 3 is 2.62 bits per heavy atom. The van der Waals surface area contributed by atoms with Crippen LogP contribution in [-0.4, -0.2) is 18.6 Å². The summed E-state index contributed by atoms with van der Waals surface area (Å²) in [6.45, 7) is 8.44. The van der Waals surface area contributed by atoms with Crippen molar-refractivity contribution in [3.8, 4) is 11.5 Å². The minimum Gasteiger partial charge on any atom is -0.494 e. The zero-order valence-corrected chi connectivity index (χ0v) is 14.8. The Morgan fingerprint density at radius 1 is 1.12 bits per heavy atom. The summed E-state index contributed by atoms with van der Waals surface area (Å²) in [5.41, 5.74) is 2.83. The van der Waals surface area contributed by atoms with Crippen LogP contribution in [0, 0.1) is 13.8 Å². The van der Waals surface area contributed by atoms with Crippen molar-refractivity contribution in [2.45, 2.75) is 40.2 Å². The summed E-state index contributed by atoms with van der Waals surface area (Å²) in [6, 6.07) is 13.4. The number of carbonyl (C=O) groups is 1. The maximum absolute atomic E-state index is 12.5. The number of carbonyl (C=O) groups excluding carboxylic acids is 1. The van der Waals surface area contributed by atoms with Crippen molar-refractivity contribution in [3.05, 3.63) is 53.6 Å². The fraction of sp³-hybridized carbons (Fsp3) is 0.350. The normalized spacial score (nSPS) is 11.7. The van der Waals surface area contributed by atoms with E-state index in [1.807, 2.05) is 70.2 Å². The molecule has 2 rings (SSSR count). The molecule has 4 nitrogen and oxygen atoms in total. The third kappa shape index (κ3) is 4.75. The van der Waals surface area contributed by atoms with E-state index in [0.717, 1.165) is 22.6 Å². The van der Waals surface area contributed by atoms with E-state index < -0.39 is 6.10 Å². The summed E-state index contributed by atoms with van der Waals surface area (Å²) >= 11 is 0. The number of aryl methyl sites for hydroxylation is 2. The minimum absolute atomic E-state index is 0.160. The van der Waals surface area contributed by atoms with Gasteiger partial charge in [0.1, 0.15) is 11.5 Å². The van der Waals surface area contributed by atoms with Gasteiger partial charge in [0.25, 0.3) is 5.91 Å². The first-order valence-corrected chi connectivity index (χ1v) is 8.31. The Balaban J connectivity index is 2.08. The molecule has 24 heavy (non-hydrogen) atoms. The number of anilines is 1. The summed E-state index contributed by atoms with van der Waals surface area (Å²) < 4.78 is 11.4. The van der Waals surface area contributed by atoms with Gasteiger partial charge < -0.3 is 14.8 Å². The van der Waals surface area contributed by atoms with Crippen molar-refractivity contribution in [2.75, 3.05) is 11.9 Å². The number of rotatable bonds is 7. The highest BCUT2D eigenvalue weighted by Crippen LogP contribution is 2.22. The van der Waals surface area contributed by atoms with Gasteiger partial charge in [-0.1, -0.05) is 25.1 Å². The minimum atomic E-state index is -0.541. The van der Waals surface area contributed by atoms with Crippen LogP contribution < -0.4 is 14.8 Å². The number of amides is 1. The van der Waals surface area contributed by atoms with E-state index >= 15 is 0 Å². The average molecular weight is 327 g/mol. The molecule has 1 unspecified atom stereocenters. The number of nitrogens with one attached hydrogen (secondary N) is 1. The fourth-order valence-corrected chi connectivity index (χ4v) is 2.36. The first-order chi connectivity index (χ1) is 11.5. The SMILES string of the molecule is CCOc1cccc(NC(=O)C(CC)Oc2cc(C)ccc2C)c1. The molecule has 1 amide bonds. The monoisotopic (exact) mass is 327 g/mol. The lowest BCUT2D eigenvalue weighted by Gasteiger charge is -2.19. The Hall–Kier alpha value is -2.49. The molecule has 1 N–H and O–H groups in total. The molecule has 0 radical (unpaired) electrons. The van der Waals surface area contributed by atoms with Crippen molar-refractivity contribution in [2.24, 2.45) is 0 Å². The van der Waals surface area contributed by atoms with E-state index in [1.165, 1.54) is 0 Å². The Bertz CT molecular complexity index is 697. The van der Waals surface area contributed by atoms with Gasteiger partial charge in [0.05, 0.1) is 6.61 Å². The van der Waals surface area contributed by atoms with Gasteiger partial charge in [-0.3, -0.25) is 4.79 Å². The van der Waals surface area contributed by atoms with E-state index in [0.29, 0.717) is 18.7 Å². The van der Waals surface area contributed by atoms with Crippen LogP contribution in [-0.2, 0) is 4.79 Å². The van der Waals surface area contributed by atoms with E-state index in [2.05, 4.69) is 5.32 Å².